The second-order valence-corrected chi connectivity index (χ2v) is 5.26. The van der Waals surface area contributed by atoms with E-state index < -0.39 is 0 Å². The molecule has 0 aromatic heterocycles. The third-order valence-corrected chi connectivity index (χ3v) is 4.20. The molecule has 0 radical (unpaired) electrons. The molecule has 2 amide bonds. The molecule has 1 atom stereocenters. The molecule has 0 aliphatic carbocycles. The molecule has 1 heterocycles. The summed E-state index contributed by atoms with van der Waals surface area (Å²) in [6.07, 6.45) is 3.91. The highest BCUT2D eigenvalue weighted by atomic mass is 32.2. The van der Waals surface area contributed by atoms with Crippen LogP contribution in [0.3, 0.4) is 0 Å². The van der Waals surface area contributed by atoms with Crippen molar-refractivity contribution >= 4 is 17.8 Å². The lowest BCUT2D eigenvalue weighted by Crippen LogP contribution is -2.42. The lowest BCUT2D eigenvalue weighted by Gasteiger charge is -2.24. The van der Waals surface area contributed by atoms with Crippen LogP contribution in [-0.2, 0) is 0 Å². The van der Waals surface area contributed by atoms with Gasteiger partial charge in [0, 0.05) is 24.9 Å². The van der Waals surface area contributed by atoms with Crippen molar-refractivity contribution < 1.29 is 4.79 Å². The summed E-state index contributed by atoms with van der Waals surface area (Å²) in [5.74, 6) is 1.26. The quantitative estimate of drug-likeness (QED) is 0.804. The number of amides is 2. The first-order valence-electron chi connectivity index (χ1n) is 5.92. The van der Waals surface area contributed by atoms with Gasteiger partial charge in [-0.2, -0.15) is 11.8 Å². The van der Waals surface area contributed by atoms with E-state index in [1.807, 2.05) is 30.5 Å². The van der Waals surface area contributed by atoms with E-state index in [0.29, 0.717) is 5.25 Å². The molecule has 0 spiro atoms. The van der Waals surface area contributed by atoms with Crippen molar-refractivity contribution in [3.63, 3.8) is 0 Å². The first-order chi connectivity index (χ1) is 7.27. The Morgan fingerprint density at radius 1 is 1.40 bits per heavy atom. The SMILES string of the molecule is CCN(CC)C(=O)NCC1CCCCS1. The maximum absolute atomic E-state index is 11.7. The number of hydrogen-bond acceptors (Lipinski definition) is 2. The van der Waals surface area contributed by atoms with Gasteiger partial charge in [0.1, 0.15) is 0 Å². The molecule has 1 N–H and O–H groups in total. The van der Waals surface area contributed by atoms with Crippen LogP contribution < -0.4 is 5.32 Å². The fourth-order valence-electron chi connectivity index (χ4n) is 1.79. The monoisotopic (exact) mass is 230 g/mol. The number of nitrogens with zero attached hydrogens (tertiary/aromatic N) is 1. The van der Waals surface area contributed by atoms with E-state index in [9.17, 15) is 4.79 Å². The first kappa shape index (κ1) is 12.7. The summed E-state index contributed by atoms with van der Waals surface area (Å²) in [6, 6.07) is 0.0890. The van der Waals surface area contributed by atoms with Gasteiger partial charge >= 0.3 is 6.03 Å². The summed E-state index contributed by atoms with van der Waals surface area (Å²) in [5, 5.41) is 3.66. The van der Waals surface area contributed by atoms with E-state index in [-0.39, 0.29) is 6.03 Å². The van der Waals surface area contributed by atoms with Gasteiger partial charge in [0.25, 0.3) is 0 Å². The lowest BCUT2D eigenvalue weighted by molar-refractivity contribution is 0.203. The minimum absolute atomic E-state index is 0.0890. The second kappa shape index (κ2) is 6.99. The Kier molecular flexibility index (Phi) is 5.91. The largest absolute Gasteiger partial charge is 0.337 e. The number of carbonyl (C=O) groups excluding carboxylic acids is 1. The first-order valence-corrected chi connectivity index (χ1v) is 6.97. The van der Waals surface area contributed by atoms with Crippen molar-refractivity contribution in [3.8, 4) is 0 Å². The van der Waals surface area contributed by atoms with Crippen LogP contribution in [-0.4, -0.2) is 41.6 Å². The molecule has 1 aliphatic rings. The van der Waals surface area contributed by atoms with Crippen molar-refractivity contribution in [2.75, 3.05) is 25.4 Å². The summed E-state index contributed by atoms with van der Waals surface area (Å²) in [5.41, 5.74) is 0. The molecule has 1 rings (SSSR count). The number of carbonyl (C=O) groups is 1. The van der Waals surface area contributed by atoms with Gasteiger partial charge in [0.15, 0.2) is 0 Å². The van der Waals surface area contributed by atoms with Crippen molar-refractivity contribution in [1.29, 1.82) is 0 Å². The van der Waals surface area contributed by atoms with Gasteiger partial charge < -0.3 is 10.2 Å². The average molecular weight is 230 g/mol. The number of thioether (sulfide) groups is 1. The minimum atomic E-state index is 0.0890. The minimum Gasteiger partial charge on any atom is -0.337 e. The Hall–Kier alpha value is -0.380. The van der Waals surface area contributed by atoms with Crippen LogP contribution in [0.25, 0.3) is 0 Å². The molecule has 0 saturated carbocycles. The fraction of sp³-hybridized carbons (Fsp3) is 0.909. The molecule has 1 unspecified atom stereocenters. The fourth-order valence-corrected chi connectivity index (χ4v) is 3.03. The van der Waals surface area contributed by atoms with Crippen LogP contribution in [0.2, 0.25) is 0 Å². The molecule has 1 aliphatic heterocycles. The van der Waals surface area contributed by atoms with Crippen LogP contribution in [0.15, 0.2) is 0 Å². The molecule has 0 aromatic carbocycles. The van der Waals surface area contributed by atoms with Crippen molar-refractivity contribution in [2.45, 2.75) is 38.4 Å². The van der Waals surface area contributed by atoms with Gasteiger partial charge in [-0.3, -0.25) is 0 Å². The van der Waals surface area contributed by atoms with Crippen molar-refractivity contribution in [3.05, 3.63) is 0 Å². The zero-order valence-corrected chi connectivity index (χ0v) is 10.6. The van der Waals surface area contributed by atoms with Gasteiger partial charge in [0.05, 0.1) is 0 Å². The predicted molar refractivity (Wildman–Crippen MR) is 66.4 cm³/mol. The number of hydrogen-bond donors (Lipinski definition) is 1. The molecule has 1 saturated heterocycles. The summed E-state index contributed by atoms with van der Waals surface area (Å²) >= 11 is 2.00. The van der Waals surface area contributed by atoms with E-state index in [2.05, 4.69) is 5.32 Å². The number of rotatable bonds is 4. The highest BCUT2D eigenvalue weighted by molar-refractivity contribution is 7.99. The topological polar surface area (TPSA) is 32.3 Å². The van der Waals surface area contributed by atoms with Gasteiger partial charge in [-0.05, 0) is 32.4 Å². The van der Waals surface area contributed by atoms with Crippen LogP contribution >= 0.6 is 11.8 Å². The zero-order chi connectivity index (χ0) is 11.1. The van der Waals surface area contributed by atoms with Crippen LogP contribution in [0.1, 0.15) is 33.1 Å². The Balaban J connectivity index is 2.20. The van der Waals surface area contributed by atoms with Gasteiger partial charge in [-0.15, -0.1) is 0 Å². The molecule has 1 fully saturated rings. The summed E-state index contributed by atoms with van der Waals surface area (Å²) in [7, 11) is 0. The predicted octanol–water partition coefficient (Wildman–Crippen LogP) is 2.32. The molecule has 0 aromatic rings. The van der Waals surface area contributed by atoms with Crippen molar-refractivity contribution in [2.24, 2.45) is 0 Å². The normalized spacial score (nSPS) is 21.1. The molecule has 4 heteroatoms. The van der Waals surface area contributed by atoms with Gasteiger partial charge in [0.2, 0.25) is 0 Å². The third kappa shape index (κ3) is 4.33. The Morgan fingerprint density at radius 3 is 2.67 bits per heavy atom. The lowest BCUT2D eigenvalue weighted by atomic mass is 10.2. The van der Waals surface area contributed by atoms with Crippen LogP contribution in [0.5, 0.6) is 0 Å². The average Bonchev–Trinajstić information content (AvgIpc) is 2.29. The third-order valence-electron chi connectivity index (χ3n) is 2.81. The Bertz CT molecular complexity index is 189. The van der Waals surface area contributed by atoms with E-state index in [1.165, 1.54) is 25.0 Å². The molecule has 88 valence electrons. The second-order valence-electron chi connectivity index (χ2n) is 3.85. The van der Waals surface area contributed by atoms with E-state index in [1.54, 1.807) is 0 Å². The molecule has 3 nitrogen and oxygen atoms in total. The maximum atomic E-state index is 11.7. The molecular formula is C11H22N2OS. The standard InChI is InChI=1S/C11H22N2OS/c1-3-13(4-2)11(14)12-9-10-7-5-6-8-15-10/h10H,3-9H2,1-2H3,(H,12,14). The number of urea groups is 1. The highest BCUT2D eigenvalue weighted by Gasteiger charge is 2.16. The molecular weight excluding hydrogens is 208 g/mol. The highest BCUT2D eigenvalue weighted by Crippen LogP contribution is 2.24. The van der Waals surface area contributed by atoms with E-state index in [4.69, 9.17) is 0 Å². The zero-order valence-electron chi connectivity index (χ0n) is 9.79. The van der Waals surface area contributed by atoms with Gasteiger partial charge in [-0.1, -0.05) is 6.42 Å². The Labute approximate surface area is 97.0 Å². The Morgan fingerprint density at radius 2 is 2.13 bits per heavy atom. The summed E-state index contributed by atoms with van der Waals surface area (Å²) in [6.45, 7) is 6.44. The smallest absolute Gasteiger partial charge is 0.317 e. The maximum Gasteiger partial charge on any atom is 0.317 e. The summed E-state index contributed by atoms with van der Waals surface area (Å²) in [4.78, 5) is 13.5. The summed E-state index contributed by atoms with van der Waals surface area (Å²) < 4.78 is 0. The number of nitrogens with one attached hydrogen (secondary N) is 1. The molecule has 15 heavy (non-hydrogen) atoms. The van der Waals surface area contributed by atoms with Crippen molar-refractivity contribution in [1.82, 2.24) is 10.2 Å². The van der Waals surface area contributed by atoms with Crippen LogP contribution in [0, 0.1) is 0 Å². The van der Waals surface area contributed by atoms with Crippen LogP contribution in [0.4, 0.5) is 4.79 Å². The molecule has 0 bridgehead atoms. The van der Waals surface area contributed by atoms with E-state index in [0.717, 1.165) is 19.6 Å². The van der Waals surface area contributed by atoms with Gasteiger partial charge in [-0.25, -0.2) is 4.79 Å². The van der Waals surface area contributed by atoms with E-state index >= 15 is 0 Å².